The van der Waals surface area contributed by atoms with Crippen LogP contribution in [0.4, 0.5) is 0 Å². The summed E-state index contributed by atoms with van der Waals surface area (Å²) in [4.78, 5) is 22.9. The monoisotopic (exact) mass is 268 g/mol. The fourth-order valence-corrected chi connectivity index (χ4v) is 2.56. The van der Waals surface area contributed by atoms with Gasteiger partial charge in [-0.05, 0) is 18.8 Å². The zero-order valence-corrected chi connectivity index (χ0v) is 11.9. The van der Waals surface area contributed by atoms with Gasteiger partial charge < -0.3 is 15.8 Å². The lowest BCUT2D eigenvalue weighted by atomic mass is 9.80. The molecule has 1 aliphatic carbocycles. The number of ether oxygens (including phenoxy) is 1. The lowest BCUT2D eigenvalue weighted by Crippen LogP contribution is -2.53. The maximum absolute atomic E-state index is 11.6. The predicted octanol–water partition coefficient (Wildman–Crippen LogP) is 1.13. The van der Waals surface area contributed by atoms with E-state index in [-0.39, 0.29) is 29.9 Å². The minimum absolute atomic E-state index is 0.0862. The summed E-state index contributed by atoms with van der Waals surface area (Å²) in [6, 6.07) is -0.345. The van der Waals surface area contributed by atoms with Crippen LogP contribution in [0, 0.1) is 5.92 Å². The average Bonchev–Trinajstić information content (AvgIpc) is 2.37. The average molecular weight is 268 g/mol. The maximum atomic E-state index is 11.6. The molecule has 3 atom stereocenters. The van der Waals surface area contributed by atoms with Gasteiger partial charge in [-0.15, -0.1) is 0 Å². The lowest BCUT2D eigenvalue weighted by molar-refractivity contribution is -0.136. The van der Waals surface area contributed by atoms with E-state index in [0.29, 0.717) is 12.0 Å². The molecule has 3 N–H and O–H groups in total. The van der Waals surface area contributed by atoms with Gasteiger partial charge in [0.1, 0.15) is 0 Å². The molecule has 0 bridgehead atoms. The van der Waals surface area contributed by atoms with Crippen molar-refractivity contribution in [1.82, 2.24) is 5.32 Å². The van der Waals surface area contributed by atoms with Gasteiger partial charge in [-0.3, -0.25) is 4.79 Å². The van der Waals surface area contributed by atoms with E-state index in [1.54, 1.807) is 0 Å². The van der Waals surface area contributed by atoms with E-state index in [1.807, 2.05) is 6.08 Å². The number of unbranched alkanes of at least 4 members (excludes halogenated alkanes) is 1. The first-order chi connectivity index (χ1) is 8.99. The normalized spacial score (nSPS) is 26.5. The zero-order valence-electron chi connectivity index (χ0n) is 11.9. The summed E-state index contributed by atoms with van der Waals surface area (Å²) in [7, 11) is 1.37. The molecule has 0 aromatic heterocycles. The smallest absolute Gasteiger partial charge is 0.333 e. The van der Waals surface area contributed by atoms with Crippen LogP contribution in [0.25, 0.3) is 0 Å². The van der Waals surface area contributed by atoms with E-state index < -0.39 is 0 Å². The maximum Gasteiger partial charge on any atom is 0.333 e. The molecule has 0 heterocycles. The van der Waals surface area contributed by atoms with Crippen LogP contribution < -0.4 is 11.1 Å². The molecule has 0 fully saturated rings. The molecular weight excluding hydrogens is 244 g/mol. The number of rotatable bonds is 5. The largest absolute Gasteiger partial charge is 0.466 e. The molecule has 0 spiro atoms. The van der Waals surface area contributed by atoms with Gasteiger partial charge in [-0.2, -0.15) is 0 Å². The molecule has 1 aliphatic rings. The molecule has 0 unspecified atom stereocenters. The number of carbonyl (C=O) groups is 2. The molecule has 1 amide bonds. The van der Waals surface area contributed by atoms with Crippen LogP contribution in [0.5, 0.6) is 0 Å². The first kappa shape index (κ1) is 15.7. The predicted molar refractivity (Wildman–Crippen MR) is 73.3 cm³/mol. The van der Waals surface area contributed by atoms with Crippen molar-refractivity contribution in [3.8, 4) is 0 Å². The lowest BCUT2D eigenvalue weighted by Gasteiger charge is -2.35. The summed E-state index contributed by atoms with van der Waals surface area (Å²) in [6.07, 6.45) is 5.39. The Morgan fingerprint density at radius 2 is 2.21 bits per heavy atom. The summed E-state index contributed by atoms with van der Waals surface area (Å²) in [5.41, 5.74) is 6.73. The van der Waals surface area contributed by atoms with Gasteiger partial charge in [0.15, 0.2) is 0 Å². The van der Waals surface area contributed by atoms with E-state index in [4.69, 9.17) is 10.5 Å². The Bertz CT molecular complexity index is 366. The van der Waals surface area contributed by atoms with E-state index in [2.05, 4.69) is 12.2 Å². The Kier molecular flexibility index (Phi) is 6.02. The number of carbonyl (C=O) groups excluding carboxylic acids is 2. The van der Waals surface area contributed by atoms with Crippen molar-refractivity contribution < 1.29 is 14.3 Å². The Balaban J connectivity index is 2.89. The van der Waals surface area contributed by atoms with Crippen LogP contribution in [0.3, 0.4) is 0 Å². The number of amides is 1. The number of nitrogens with one attached hydrogen (secondary N) is 1. The van der Waals surface area contributed by atoms with E-state index in [9.17, 15) is 9.59 Å². The number of esters is 1. The minimum Gasteiger partial charge on any atom is -0.466 e. The second kappa shape index (κ2) is 7.28. The molecule has 108 valence electrons. The van der Waals surface area contributed by atoms with Crippen LogP contribution in [0.2, 0.25) is 0 Å². The molecule has 5 heteroatoms. The van der Waals surface area contributed by atoms with Crippen LogP contribution in [-0.4, -0.2) is 31.1 Å². The summed E-state index contributed by atoms with van der Waals surface area (Å²) < 4.78 is 4.76. The minimum atomic E-state index is -0.321. The van der Waals surface area contributed by atoms with Gasteiger partial charge in [-0.25, -0.2) is 4.79 Å². The first-order valence-electron chi connectivity index (χ1n) is 6.81. The van der Waals surface area contributed by atoms with Gasteiger partial charge in [0.2, 0.25) is 5.91 Å². The molecule has 1 rings (SSSR count). The molecule has 0 saturated carbocycles. The standard InChI is InChI=1S/C14H24N2O3/c1-4-5-6-10-7-11(14(18)19-3)8-12(15)13(10)16-9(2)17/h7,10,12-13H,4-6,8,15H2,1-3H3,(H,16,17)/t10-,12+,13+/m1/s1. The van der Waals surface area contributed by atoms with Crippen LogP contribution >= 0.6 is 0 Å². The fraction of sp³-hybridized carbons (Fsp3) is 0.714. The third-order valence-corrected chi connectivity index (χ3v) is 3.50. The van der Waals surface area contributed by atoms with Crippen molar-refractivity contribution in [3.05, 3.63) is 11.6 Å². The highest BCUT2D eigenvalue weighted by Gasteiger charge is 2.33. The highest BCUT2D eigenvalue weighted by atomic mass is 16.5. The molecule has 0 aromatic rings. The number of methoxy groups -OCH3 is 1. The molecule has 19 heavy (non-hydrogen) atoms. The second-order valence-corrected chi connectivity index (χ2v) is 5.08. The Morgan fingerprint density at radius 1 is 1.53 bits per heavy atom. The van der Waals surface area contributed by atoms with Crippen LogP contribution in [0.15, 0.2) is 11.6 Å². The molecule has 0 saturated heterocycles. The zero-order chi connectivity index (χ0) is 14.4. The third kappa shape index (κ3) is 4.35. The van der Waals surface area contributed by atoms with Crippen molar-refractivity contribution in [2.75, 3.05) is 7.11 Å². The summed E-state index contributed by atoms with van der Waals surface area (Å²) in [5.74, 6) is -0.309. The number of nitrogens with two attached hydrogens (primary N) is 1. The number of hydrogen-bond donors (Lipinski definition) is 2. The van der Waals surface area contributed by atoms with Gasteiger partial charge in [-0.1, -0.05) is 25.8 Å². The van der Waals surface area contributed by atoms with Crippen LogP contribution in [-0.2, 0) is 14.3 Å². The fourth-order valence-electron chi connectivity index (χ4n) is 2.56. The number of hydrogen-bond acceptors (Lipinski definition) is 4. The van der Waals surface area contributed by atoms with Crippen molar-refractivity contribution >= 4 is 11.9 Å². The Hall–Kier alpha value is -1.36. The van der Waals surface area contributed by atoms with Gasteiger partial charge >= 0.3 is 5.97 Å². The highest BCUT2D eigenvalue weighted by Crippen LogP contribution is 2.27. The molecule has 0 aromatic carbocycles. The van der Waals surface area contributed by atoms with Gasteiger partial charge in [0.25, 0.3) is 0 Å². The van der Waals surface area contributed by atoms with E-state index in [0.717, 1.165) is 19.3 Å². The van der Waals surface area contributed by atoms with Gasteiger partial charge in [0, 0.05) is 18.5 Å². The van der Waals surface area contributed by atoms with Crippen molar-refractivity contribution in [3.63, 3.8) is 0 Å². The quantitative estimate of drug-likeness (QED) is 0.732. The summed E-state index contributed by atoms with van der Waals surface area (Å²) in [5, 5.41) is 2.91. The third-order valence-electron chi connectivity index (χ3n) is 3.50. The Morgan fingerprint density at radius 3 is 2.74 bits per heavy atom. The van der Waals surface area contributed by atoms with Crippen molar-refractivity contribution in [2.24, 2.45) is 11.7 Å². The summed E-state index contributed by atoms with van der Waals surface area (Å²) >= 11 is 0. The topological polar surface area (TPSA) is 81.4 Å². The van der Waals surface area contributed by atoms with Crippen molar-refractivity contribution in [2.45, 2.75) is 51.6 Å². The molecule has 0 radical (unpaired) electrons. The molecule has 0 aliphatic heterocycles. The highest BCUT2D eigenvalue weighted by molar-refractivity contribution is 5.88. The van der Waals surface area contributed by atoms with Crippen LogP contribution in [0.1, 0.15) is 39.5 Å². The van der Waals surface area contributed by atoms with E-state index in [1.165, 1.54) is 14.0 Å². The summed E-state index contributed by atoms with van der Waals surface area (Å²) in [6.45, 7) is 3.60. The second-order valence-electron chi connectivity index (χ2n) is 5.08. The molecular formula is C14H24N2O3. The van der Waals surface area contributed by atoms with Gasteiger partial charge in [0.05, 0.1) is 13.2 Å². The Labute approximate surface area is 114 Å². The first-order valence-corrected chi connectivity index (χ1v) is 6.81. The SMILES string of the molecule is CCCC[C@@H]1C=C(C(=O)OC)C[C@H](N)[C@H]1NC(C)=O. The van der Waals surface area contributed by atoms with E-state index >= 15 is 0 Å². The molecule has 5 nitrogen and oxygen atoms in total. The van der Waals surface area contributed by atoms with Crippen molar-refractivity contribution in [1.29, 1.82) is 0 Å².